The Bertz CT molecular complexity index is 875. The third kappa shape index (κ3) is 2.67. The number of benzene rings is 2. The second-order valence-electron chi connectivity index (χ2n) is 4.21. The fourth-order valence-electron chi connectivity index (χ4n) is 1.87. The molecule has 7 nitrogen and oxygen atoms in total. The maximum atomic E-state index is 11.4. The van der Waals surface area contributed by atoms with Crippen molar-refractivity contribution in [3.05, 3.63) is 54.6 Å². The highest BCUT2D eigenvalue weighted by Gasteiger charge is 2.19. The van der Waals surface area contributed by atoms with Crippen LogP contribution in [0.1, 0.15) is 0 Å². The number of hydrogen-bond acceptors (Lipinski definition) is 5. The Morgan fingerprint density at radius 3 is 2.33 bits per heavy atom. The summed E-state index contributed by atoms with van der Waals surface area (Å²) in [7, 11) is -4.35. The summed E-state index contributed by atoms with van der Waals surface area (Å²) in [5.41, 5.74) is 0.891. The van der Waals surface area contributed by atoms with E-state index in [1.54, 1.807) is 18.2 Å². The van der Waals surface area contributed by atoms with Crippen molar-refractivity contribution < 1.29 is 13.0 Å². The summed E-state index contributed by atoms with van der Waals surface area (Å²) in [6.45, 7) is 0. The van der Waals surface area contributed by atoms with Crippen LogP contribution in [-0.4, -0.2) is 33.2 Å². The van der Waals surface area contributed by atoms with Crippen LogP contribution in [0.25, 0.3) is 17.1 Å². The zero-order valence-corrected chi connectivity index (χ0v) is 11.5. The van der Waals surface area contributed by atoms with Crippen LogP contribution in [0.3, 0.4) is 0 Å². The summed E-state index contributed by atoms with van der Waals surface area (Å²) in [4.78, 5) is 1.04. The maximum absolute atomic E-state index is 11.4. The van der Waals surface area contributed by atoms with Crippen molar-refractivity contribution >= 4 is 10.1 Å². The lowest BCUT2D eigenvalue weighted by atomic mass is 10.2. The molecule has 1 heterocycles. The van der Waals surface area contributed by atoms with Gasteiger partial charge in [-0.3, -0.25) is 4.55 Å². The second-order valence-corrected chi connectivity index (χ2v) is 5.60. The normalized spacial score (nSPS) is 11.5. The number of nitrogens with zero attached hydrogens (tertiary/aromatic N) is 4. The molecule has 0 aliphatic carbocycles. The van der Waals surface area contributed by atoms with Crippen LogP contribution in [0.5, 0.6) is 0 Å². The Hall–Kier alpha value is -2.58. The van der Waals surface area contributed by atoms with Crippen LogP contribution in [0.15, 0.2) is 59.5 Å². The molecule has 0 fully saturated rings. The van der Waals surface area contributed by atoms with E-state index in [-0.39, 0.29) is 16.3 Å². The first-order chi connectivity index (χ1) is 10.1. The molecule has 0 radical (unpaired) electrons. The predicted octanol–water partition coefficient (Wildman–Crippen LogP) is 1.58. The molecule has 0 atom stereocenters. The van der Waals surface area contributed by atoms with Crippen molar-refractivity contribution in [3.63, 3.8) is 0 Å². The van der Waals surface area contributed by atoms with Crippen LogP contribution in [0.2, 0.25) is 0 Å². The maximum Gasteiger partial charge on any atom is 0.295 e. The van der Waals surface area contributed by atoms with Crippen LogP contribution < -0.4 is 0 Å². The summed E-state index contributed by atoms with van der Waals surface area (Å²) in [6.07, 6.45) is 0. The minimum absolute atomic E-state index is 0.118. The van der Waals surface area contributed by atoms with Gasteiger partial charge in [-0.15, -0.1) is 15.0 Å². The molecular formula is C13H10N4O3S. The summed E-state index contributed by atoms with van der Waals surface area (Å²) >= 11 is 0. The topological polar surface area (TPSA) is 98.0 Å². The van der Waals surface area contributed by atoms with Crippen molar-refractivity contribution in [2.45, 2.75) is 4.90 Å². The third-order valence-electron chi connectivity index (χ3n) is 2.81. The van der Waals surface area contributed by atoms with E-state index in [2.05, 4.69) is 15.4 Å². The van der Waals surface area contributed by atoms with Crippen LogP contribution in [0, 0.1) is 0 Å². The lowest BCUT2D eigenvalue weighted by Gasteiger charge is -2.02. The quantitative estimate of drug-likeness (QED) is 0.737. The van der Waals surface area contributed by atoms with Gasteiger partial charge in [0.2, 0.25) is 5.82 Å². The molecule has 0 bridgehead atoms. The van der Waals surface area contributed by atoms with Crippen molar-refractivity contribution in [1.82, 2.24) is 20.2 Å². The van der Waals surface area contributed by atoms with E-state index < -0.39 is 10.1 Å². The van der Waals surface area contributed by atoms with Crippen LogP contribution in [-0.2, 0) is 10.1 Å². The average Bonchev–Trinajstić information content (AvgIpc) is 2.97. The van der Waals surface area contributed by atoms with Gasteiger partial charge in [-0.2, -0.15) is 8.42 Å². The molecule has 0 saturated heterocycles. The lowest BCUT2D eigenvalue weighted by molar-refractivity contribution is 0.483. The molecule has 0 unspecified atom stereocenters. The van der Waals surface area contributed by atoms with E-state index in [4.69, 9.17) is 0 Å². The minimum atomic E-state index is -4.35. The van der Waals surface area contributed by atoms with E-state index in [9.17, 15) is 13.0 Å². The van der Waals surface area contributed by atoms with E-state index in [0.717, 1.165) is 0 Å². The fraction of sp³-hybridized carbons (Fsp3) is 0. The molecule has 0 spiro atoms. The molecule has 21 heavy (non-hydrogen) atoms. The Morgan fingerprint density at radius 2 is 1.62 bits per heavy atom. The molecule has 0 aliphatic heterocycles. The summed E-state index contributed by atoms with van der Waals surface area (Å²) in [5, 5.41) is 11.9. The standard InChI is InChI=1S/C13H10N4O3S/c18-21(19,20)12-9-5-4-8-11(12)13-14-16-17(15-13)10-6-2-1-3-7-10/h1-9H,(H,18,19,20). The Labute approximate surface area is 120 Å². The van der Waals surface area contributed by atoms with E-state index >= 15 is 0 Å². The molecule has 3 aromatic rings. The summed E-state index contributed by atoms with van der Waals surface area (Å²) in [5.74, 6) is 0.118. The molecule has 106 valence electrons. The van der Waals surface area contributed by atoms with E-state index in [1.165, 1.54) is 23.0 Å². The average molecular weight is 302 g/mol. The van der Waals surface area contributed by atoms with Crippen molar-refractivity contribution in [2.24, 2.45) is 0 Å². The molecule has 8 heteroatoms. The molecule has 0 saturated carbocycles. The van der Waals surface area contributed by atoms with E-state index in [0.29, 0.717) is 5.69 Å². The Balaban J connectivity index is 2.10. The van der Waals surface area contributed by atoms with Crippen molar-refractivity contribution in [3.8, 4) is 17.1 Å². The van der Waals surface area contributed by atoms with Gasteiger partial charge in [0.1, 0.15) is 4.90 Å². The number of tetrazole rings is 1. The van der Waals surface area contributed by atoms with Gasteiger partial charge in [0, 0.05) is 5.56 Å². The minimum Gasteiger partial charge on any atom is -0.282 e. The smallest absolute Gasteiger partial charge is 0.282 e. The number of para-hydroxylation sites is 1. The van der Waals surface area contributed by atoms with Crippen LogP contribution >= 0.6 is 0 Å². The number of rotatable bonds is 3. The highest BCUT2D eigenvalue weighted by Crippen LogP contribution is 2.23. The highest BCUT2D eigenvalue weighted by atomic mass is 32.2. The van der Waals surface area contributed by atoms with Gasteiger partial charge in [0.25, 0.3) is 10.1 Å². The molecule has 0 aliphatic rings. The predicted molar refractivity (Wildman–Crippen MR) is 74.4 cm³/mol. The van der Waals surface area contributed by atoms with Crippen molar-refractivity contribution in [1.29, 1.82) is 0 Å². The van der Waals surface area contributed by atoms with Gasteiger partial charge in [0.15, 0.2) is 0 Å². The Morgan fingerprint density at radius 1 is 0.952 bits per heavy atom. The van der Waals surface area contributed by atoms with E-state index in [1.807, 2.05) is 18.2 Å². The number of aromatic nitrogens is 4. The molecule has 2 aromatic carbocycles. The zero-order chi connectivity index (χ0) is 14.9. The first kappa shape index (κ1) is 13.4. The van der Waals surface area contributed by atoms with Gasteiger partial charge in [0.05, 0.1) is 5.69 Å². The van der Waals surface area contributed by atoms with Crippen LogP contribution in [0.4, 0.5) is 0 Å². The second kappa shape index (κ2) is 5.08. The molecular weight excluding hydrogens is 292 g/mol. The first-order valence-electron chi connectivity index (χ1n) is 5.98. The third-order valence-corrected chi connectivity index (χ3v) is 3.72. The molecule has 1 N–H and O–H groups in total. The molecule has 1 aromatic heterocycles. The number of hydrogen-bond donors (Lipinski definition) is 1. The van der Waals surface area contributed by atoms with Gasteiger partial charge < -0.3 is 0 Å². The monoisotopic (exact) mass is 302 g/mol. The molecule has 3 rings (SSSR count). The molecule has 0 amide bonds. The SMILES string of the molecule is O=S(=O)(O)c1ccccc1-c1nnn(-c2ccccc2)n1. The fourth-order valence-corrected chi connectivity index (χ4v) is 2.56. The lowest BCUT2D eigenvalue weighted by Crippen LogP contribution is -2.02. The summed E-state index contributed by atoms with van der Waals surface area (Å²) < 4.78 is 32.0. The zero-order valence-electron chi connectivity index (χ0n) is 10.7. The Kier molecular flexibility index (Phi) is 3.24. The van der Waals surface area contributed by atoms with Gasteiger partial charge in [-0.05, 0) is 29.5 Å². The summed E-state index contributed by atoms with van der Waals surface area (Å²) in [6, 6.07) is 15.0. The first-order valence-corrected chi connectivity index (χ1v) is 7.42. The largest absolute Gasteiger partial charge is 0.295 e. The highest BCUT2D eigenvalue weighted by molar-refractivity contribution is 7.86. The van der Waals surface area contributed by atoms with Crippen molar-refractivity contribution in [2.75, 3.05) is 0 Å². The van der Waals surface area contributed by atoms with Gasteiger partial charge >= 0.3 is 0 Å². The van der Waals surface area contributed by atoms with Gasteiger partial charge in [-0.1, -0.05) is 30.3 Å². The van der Waals surface area contributed by atoms with Gasteiger partial charge in [-0.25, -0.2) is 0 Å².